The molecule has 122 valence electrons. The van der Waals surface area contributed by atoms with Gasteiger partial charge >= 0.3 is 0 Å². The molecule has 0 amide bonds. The molecule has 0 saturated heterocycles. The predicted molar refractivity (Wildman–Crippen MR) is 92.6 cm³/mol. The number of sulfonamides is 1. The van der Waals surface area contributed by atoms with E-state index in [0.29, 0.717) is 25.9 Å². The zero-order valence-electron chi connectivity index (χ0n) is 13.7. The first-order chi connectivity index (χ1) is 10.9. The topological polar surface area (TPSA) is 63.2 Å². The van der Waals surface area contributed by atoms with Crippen LogP contribution in [0.1, 0.15) is 29.7 Å². The fourth-order valence-electron chi connectivity index (χ4n) is 2.96. The molecule has 6 heteroatoms. The van der Waals surface area contributed by atoms with E-state index in [9.17, 15) is 8.42 Å². The third kappa shape index (κ3) is 3.28. The highest BCUT2D eigenvalue weighted by Crippen LogP contribution is 2.28. The summed E-state index contributed by atoms with van der Waals surface area (Å²) in [6.45, 7) is 5.19. The van der Waals surface area contributed by atoms with Crippen molar-refractivity contribution in [2.75, 3.05) is 19.3 Å². The standard InChI is InChI=1S/C17H21N3O2S/c1-12-9-15-16(10-13(12)2)18-11-19-17(15)14-5-4-7-20(8-6-14)23(3,21)22/h5,9-11H,4,6-8H2,1-3H3. The minimum absolute atomic E-state index is 0.501. The van der Waals surface area contributed by atoms with Crippen LogP contribution < -0.4 is 0 Å². The third-order valence-corrected chi connectivity index (χ3v) is 5.73. The number of rotatable bonds is 2. The van der Waals surface area contributed by atoms with Crippen LogP contribution in [0, 0.1) is 13.8 Å². The SMILES string of the molecule is Cc1cc2ncnc(C3=CCCN(S(C)(=O)=O)CC3)c2cc1C. The molecule has 3 rings (SSSR count). The second-order valence-corrected chi connectivity index (χ2v) is 8.09. The van der Waals surface area contributed by atoms with Gasteiger partial charge in [0.05, 0.1) is 17.5 Å². The van der Waals surface area contributed by atoms with E-state index in [1.807, 2.05) is 0 Å². The van der Waals surface area contributed by atoms with Crippen LogP contribution in [0.5, 0.6) is 0 Å². The first-order valence-corrected chi connectivity index (χ1v) is 9.57. The van der Waals surface area contributed by atoms with Crippen LogP contribution in [-0.4, -0.2) is 42.0 Å². The molecule has 0 bridgehead atoms. The summed E-state index contributed by atoms with van der Waals surface area (Å²) in [5, 5.41) is 1.04. The van der Waals surface area contributed by atoms with Gasteiger partial charge in [-0.2, -0.15) is 0 Å². The Hall–Kier alpha value is -1.79. The quantitative estimate of drug-likeness (QED) is 0.849. The number of benzene rings is 1. The summed E-state index contributed by atoms with van der Waals surface area (Å²) in [6, 6.07) is 4.20. The Bertz CT molecular complexity index is 888. The third-order valence-electron chi connectivity index (χ3n) is 4.42. The Labute approximate surface area is 137 Å². The molecule has 0 unspecified atom stereocenters. The average molecular weight is 331 g/mol. The second kappa shape index (κ2) is 6.02. The molecule has 0 saturated carbocycles. The Balaban J connectivity index is 2.01. The highest BCUT2D eigenvalue weighted by molar-refractivity contribution is 7.88. The zero-order valence-corrected chi connectivity index (χ0v) is 14.5. The van der Waals surface area contributed by atoms with Gasteiger partial charge in [0.15, 0.2) is 0 Å². The summed E-state index contributed by atoms with van der Waals surface area (Å²) in [7, 11) is -3.14. The van der Waals surface area contributed by atoms with E-state index in [2.05, 4.69) is 42.0 Å². The normalized spacial score (nSPS) is 17.1. The Morgan fingerprint density at radius 1 is 1.09 bits per heavy atom. The van der Waals surface area contributed by atoms with E-state index in [4.69, 9.17) is 0 Å². The summed E-state index contributed by atoms with van der Waals surface area (Å²) >= 11 is 0. The van der Waals surface area contributed by atoms with Crippen LogP contribution in [0.15, 0.2) is 24.5 Å². The highest BCUT2D eigenvalue weighted by Gasteiger charge is 2.20. The van der Waals surface area contributed by atoms with Crippen LogP contribution in [0.25, 0.3) is 16.5 Å². The van der Waals surface area contributed by atoms with Crippen molar-refractivity contribution in [3.8, 4) is 0 Å². The van der Waals surface area contributed by atoms with Crippen molar-refractivity contribution in [3.63, 3.8) is 0 Å². The first-order valence-electron chi connectivity index (χ1n) is 7.73. The van der Waals surface area contributed by atoms with Gasteiger partial charge in [-0.15, -0.1) is 0 Å². The van der Waals surface area contributed by atoms with Crippen LogP contribution in [0.3, 0.4) is 0 Å². The van der Waals surface area contributed by atoms with Gasteiger partial charge in [0, 0.05) is 18.5 Å². The molecule has 23 heavy (non-hydrogen) atoms. The maximum Gasteiger partial charge on any atom is 0.211 e. The first kappa shape index (κ1) is 16.1. The molecule has 1 aliphatic rings. The number of fused-ring (bicyclic) bond motifs is 1. The van der Waals surface area contributed by atoms with Crippen LogP contribution >= 0.6 is 0 Å². The smallest absolute Gasteiger partial charge is 0.211 e. The van der Waals surface area contributed by atoms with Crippen molar-refractivity contribution in [3.05, 3.63) is 41.4 Å². The van der Waals surface area contributed by atoms with E-state index in [1.54, 1.807) is 6.33 Å². The lowest BCUT2D eigenvalue weighted by molar-refractivity contribution is 0.434. The lowest BCUT2D eigenvalue weighted by atomic mass is 10.00. The summed E-state index contributed by atoms with van der Waals surface area (Å²) < 4.78 is 25.0. The molecule has 0 radical (unpaired) electrons. The van der Waals surface area contributed by atoms with Crippen molar-refractivity contribution in [2.45, 2.75) is 26.7 Å². The van der Waals surface area contributed by atoms with Crippen LogP contribution in [0.4, 0.5) is 0 Å². The Morgan fingerprint density at radius 2 is 1.83 bits per heavy atom. The number of aryl methyl sites for hydroxylation is 2. The number of aromatic nitrogens is 2. The molecule has 1 aromatic heterocycles. The molecule has 2 aromatic rings. The molecule has 0 fully saturated rings. The lowest BCUT2D eigenvalue weighted by Crippen LogP contribution is -2.30. The average Bonchev–Trinajstić information content (AvgIpc) is 2.73. The summed E-state index contributed by atoms with van der Waals surface area (Å²) in [5.41, 5.74) is 5.38. The molecule has 0 spiro atoms. The Morgan fingerprint density at radius 3 is 2.57 bits per heavy atom. The van der Waals surface area contributed by atoms with Crippen LogP contribution in [0.2, 0.25) is 0 Å². The maximum absolute atomic E-state index is 11.8. The molecule has 0 N–H and O–H groups in total. The van der Waals surface area contributed by atoms with Crippen molar-refractivity contribution >= 4 is 26.5 Å². The van der Waals surface area contributed by atoms with E-state index < -0.39 is 10.0 Å². The van der Waals surface area contributed by atoms with Gasteiger partial charge in [-0.3, -0.25) is 0 Å². The Kier molecular flexibility index (Phi) is 4.21. The fourth-order valence-corrected chi connectivity index (χ4v) is 3.82. The van der Waals surface area contributed by atoms with Gasteiger partial charge in [-0.05, 0) is 55.5 Å². The molecule has 0 aliphatic carbocycles. The lowest BCUT2D eigenvalue weighted by Gasteiger charge is -2.17. The fraction of sp³-hybridized carbons (Fsp3) is 0.412. The molecule has 1 aromatic carbocycles. The monoisotopic (exact) mass is 331 g/mol. The largest absolute Gasteiger partial charge is 0.236 e. The zero-order chi connectivity index (χ0) is 16.6. The minimum Gasteiger partial charge on any atom is -0.236 e. The van der Waals surface area contributed by atoms with E-state index in [0.717, 1.165) is 22.2 Å². The van der Waals surface area contributed by atoms with Crippen molar-refractivity contribution in [1.29, 1.82) is 0 Å². The minimum atomic E-state index is -3.14. The van der Waals surface area contributed by atoms with Gasteiger partial charge in [-0.25, -0.2) is 22.7 Å². The van der Waals surface area contributed by atoms with Gasteiger partial charge in [0.2, 0.25) is 10.0 Å². The van der Waals surface area contributed by atoms with Gasteiger partial charge in [-0.1, -0.05) is 6.08 Å². The van der Waals surface area contributed by atoms with Gasteiger partial charge < -0.3 is 0 Å². The van der Waals surface area contributed by atoms with Crippen molar-refractivity contribution in [2.24, 2.45) is 0 Å². The summed E-state index contributed by atoms with van der Waals surface area (Å²) in [4.78, 5) is 8.85. The van der Waals surface area contributed by atoms with Crippen molar-refractivity contribution in [1.82, 2.24) is 14.3 Å². The molecular weight excluding hydrogens is 310 g/mol. The van der Waals surface area contributed by atoms with Gasteiger partial charge in [0.1, 0.15) is 6.33 Å². The number of nitrogens with zero attached hydrogens (tertiary/aromatic N) is 3. The summed E-state index contributed by atoms with van der Waals surface area (Å²) in [6.07, 6.45) is 6.35. The maximum atomic E-state index is 11.8. The molecule has 1 aliphatic heterocycles. The van der Waals surface area contributed by atoms with Crippen molar-refractivity contribution < 1.29 is 8.42 Å². The van der Waals surface area contributed by atoms with E-state index >= 15 is 0 Å². The number of hydrogen-bond acceptors (Lipinski definition) is 4. The second-order valence-electron chi connectivity index (χ2n) is 6.11. The number of hydrogen-bond donors (Lipinski definition) is 0. The highest BCUT2D eigenvalue weighted by atomic mass is 32.2. The predicted octanol–water partition coefficient (Wildman–Crippen LogP) is 2.69. The van der Waals surface area contributed by atoms with E-state index in [-0.39, 0.29) is 0 Å². The molecule has 5 nitrogen and oxygen atoms in total. The van der Waals surface area contributed by atoms with E-state index in [1.165, 1.54) is 21.7 Å². The summed E-state index contributed by atoms with van der Waals surface area (Å²) in [5.74, 6) is 0. The molecular formula is C17H21N3O2S. The molecule has 2 heterocycles. The van der Waals surface area contributed by atoms with Gasteiger partial charge in [0.25, 0.3) is 0 Å². The molecule has 0 atom stereocenters. The van der Waals surface area contributed by atoms with Crippen LogP contribution in [-0.2, 0) is 10.0 Å².